The monoisotopic (exact) mass is 352 g/mol. The van der Waals surface area contributed by atoms with Crippen molar-refractivity contribution >= 4 is 11.8 Å². The van der Waals surface area contributed by atoms with Gasteiger partial charge < -0.3 is 14.5 Å². The summed E-state index contributed by atoms with van der Waals surface area (Å²) in [5.41, 5.74) is 3.30. The highest BCUT2D eigenvalue weighted by Gasteiger charge is 2.26. The van der Waals surface area contributed by atoms with Gasteiger partial charge in [-0.05, 0) is 49.2 Å². The molecule has 2 aromatic carbocycles. The van der Waals surface area contributed by atoms with Gasteiger partial charge in [0.05, 0.1) is 7.11 Å². The molecule has 0 radical (unpaired) electrons. The van der Waals surface area contributed by atoms with Crippen LogP contribution in [-0.4, -0.2) is 54.9 Å². The Kier molecular flexibility index (Phi) is 5.26. The topological polar surface area (TPSA) is 49.9 Å². The number of piperazine rings is 1. The van der Waals surface area contributed by atoms with E-state index in [1.165, 1.54) is 0 Å². The van der Waals surface area contributed by atoms with Crippen molar-refractivity contribution in [2.75, 3.05) is 33.3 Å². The molecule has 5 heteroatoms. The maximum atomic E-state index is 12.7. The van der Waals surface area contributed by atoms with Gasteiger partial charge in [-0.3, -0.25) is 9.59 Å². The first-order chi connectivity index (χ1) is 12.5. The molecule has 1 heterocycles. The average Bonchev–Trinajstić information content (AvgIpc) is 2.67. The SMILES string of the molecule is COc1ccc(C(=O)N2CCN(C(=O)c3ccccc3C)CC2)cc1C. The largest absolute Gasteiger partial charge is 0.496 e. The molecular formula is C21H24N2O3. The third kappa shape index (κ3) is 3.57. The van der Waals surface area contributed by atoms with E-state index in [4.69, 9.17) is 4.74 Å². The number of aryl methyl sites for hydroxylation is 2. The van der Waals surface area contributed by atoms with E-state index >= 15 is 0 Å². The second-order valence-electron chi connectivity index (χ2n) is 6.58. The Bertz CT molecular complexity index is 824. The first-order valence-electron chi connectivity index (χ1n) is 8.80. The number of amides is 2. The molecule has 136 valence electrons. The lowest BCUT2D eigenvalue weighted by Gasteiger charge is -2.35. The zero-order valence-corrected chi connectivity index (χ0v) is 15.5. The minimum atomic E-state index is -0.00116. The fraction of sp³-hybridized carbons (Fsp3) is 0.333. The smallest absolute Gasteiger partial charge is 0.254 e. The van der Waals surface area contributed by atoms with Crippen molar-refractivity contribution in [3.63, 3.8) is 0 Å². The summed E-state index contributed by atoms with van der Waals surface area (Å²) in [6.07, 6.45) is 0. The van der Waals surface area contributed by atoms with Gasteiger partial charge in [-0.1, -0.05) is 18.2 Å². The number of carbonyl (C=O) groups excluding carboxylic acids is 2. The van der Waals surface area contributed by atoms with Crippen LogP contribution in [-0.2, 0) is 0 Å². The lowest BCUT2D eigenvalue weighted by molar-refractivity contribution is 0.0535. The zero-order chi connectivity index (χ0) is 18.7. The van der Waals surface area contributed by atoms with Crippen molar-refractivity contribution in [1.82, 2.24) is 9.80 Å². The van der Waals surface area contributed by atoms with Crippen LogP contribution >= 0.6 is 0 Å². The van der Waals surface area contributed by atoms with E-state index < -0.39 is 0 Å². The van der Waals surface area contributed by atoms with Crippen molar-refractivity contribution in [3.05, 3.63) is 64.7 Å². The van der Waals surface area contributed by atoms with E-state index in [0.717, 1.165) is 22.4 Å². The molecule has 2 amide bonds. The van der Waals surface area contributed by atoms with Gasteiger partial charge in [-0.15, -0.1) is 0 Å². The Labute approximate surface area is 154 Å². The van der Waals surface area contributed by atoms with Gasteiger partial charge in [-0.25, -0.2) is 0 Å². The number of hydrogen-bond donors (Lipinski definition) is 0. The van der Waals surface area contributed by atoms with Crippen LogP contribution < -0.4 is 4.74 Å². The summed E-state index contributed by atoms with van der Waals surface area (Å²) in [5.74, 6) is 0.810. The van der Waals surface area contributed by atoms with Crippen molar-refractivity contribution in [1.29, 1.82) is 0 Å². The Hall–Kier alpha value is -2.82. The van der Waals surface area contributed by atoms with Gasteiger partial charge in [0.1, 0.15) is 5.75 Å². The van der Waals surface area contributed by atoms with Crippen LogP contribution in [0.25, 0.3) is 0 Å². The summed E-state index contributed by atoms with van der Waals surface area (Å²) in [6.45, 7) is 6.05. The van der Waals surface area contributed by atoms with Crippen LogP contribution in [0.1, 0.15) is 31.8 Å². The molecule has 0 bridgehead atoms. The van der Waals surface area contributed by atoms with Gasteiger partial charge in [0, 0.05) is 37.3 Å². The van der Waals surface area contributed by atoms with E-state index in [1.54, 1.807) is 13.2 Å². The number of nitrogens with zero attached hydrogens (tertiary/aromatic N) is 2. The highest BCUT2D eigenvalue weighted by atomic mass is 16.5. The third-order valence-corrected chi connectivity index (χ3v) is 4.87. The Morgan fingerprint density at radius 1 is 0.846 bits per heavy atom. The molecular weight excluding hydrogens is 328 g/mol. The molecule has 2 aromatic rings. The van der Waals surface area contributed by atoms with E-state index in [2.05, 4.69) is 0 Å². The van der Waals surface area contributed by atoms with Gasteiger partial charge >= 0.3 is 0 Å². The van der Waals surface area contributed by atoms with Crippen LogP contribution in [0.2, 0.25) is 0 Å². The predicted molar refractivity (Wildman–Crippen MR) is 101 cm³/mol. The van der Waals surface area contributed by atoms with Gasteiger partial charge in [0.2, 0.25) is 0 Å². The van der Waals surface area contributed by atoms with Gasteiger partial charge in [0.25, 0.3) is 11.8 Å². The molecule has 0 N–H and O–H groups in total. The Morgan fingerprint density at radius 2 is 1.46 bits per heavy atom. The first-order valence-corrected chi connectivity index (χ1v) is 8.80. The number of benzene rings is 2. The summed E-state index contributed by atoms with van der Waals surface area (Å²) in [6, 6.07) is 13.1. The molecule has 5 nitrogen and oxygen atoms in total. The second kappa shape index (κ2) is 7.60. The van der Waals surface area contributed by atoms with Crippen LogP contribution in [0.3, 0.4) is 0 Å². The molecule has 0 spiro atoms. The number of rotatable bonds is 3. The molecule has 1 aliphatic heterocycles. The number of ether oxygens (including phenoxy) is 1. The van der Waals surface area contributed by atoms with E-state index in [0.29, 0.717) is 31.7 Å². The van der Waals surface area contributed by atoms with Crippen LogP contribution in [0, 0.1) is 13.8 Å². The third-order valence-electron chi connectivity index (χ3n) is 4.87. The van der Waals surface area contributed by atoms with Crippen molar-refractivity contribution in [2.45, 2.75) is 13.8 Å². The highest BCUT2D eigenvalue weighted by Crippen LogP contribution is 2.20. The lowest BCUT2D eigenvalue weighted by Crippen LogP contribution is -2.50. The molecule has 0 saturated carbocycles. The van der Waals surface area contributed by atoms with Crippen LogP contribution in [0.5, 0.6) is 5.75 Å². The number of carbonyl (C=O) groups is 2. The molecule has 1 fully saturated rings. The first kappa shape index (κ1) is 18.0. The quantitative estimate of drug-likeness (QED) is 0.853. The maximum absolute atomic E-state index is 12.7. The molecule has 1 saturated heterocycles. The van der Waals surface area contributed by atoms with Crippen LogP contribution in [0.15, 0.2) is 42.5 Å². The Morgan fingerprint density at radius 3 is 2.04 bits per heavy atom. The molecule has 0 unspecified atom stereocenters. The van der Waals surface area contributed by atoms with Gasteiger partial charge in [-0.2, -0.15) is 0 Å². The average molecular weight is 352 g/mol. The molecule has 26 heavy (non-hydrogen) atoms. The summed E-state index contributed by atoms with van der Waals surface area (Å²) in [4.78, 5) is 29.1. The minimum Gasteiger partial charge on any atom is -0.496 e. The maximum Gasteiger partial charge on any atom is 0.254 e. The zero-order valence-electron chi connectivity index (χ0n) is 15.5. The predicted octanol–water partition coefficient (Wildman–Crippen LogP) is 2.91. The number of methoxy groups -OCH3 is 1. The molecule has 0 aromatic heterocycles. The van der Waals surface area contributed by atoms with E-state index in [1.807, 2.05) is 60.0 Å². The highest BCUT2D eigenvalue weighted by molar-refractivity contribution is 5.97. The molecule has 1 aliphatic rings. The molecule has 0 atom stereocenters. The minimum absolute atomic E-state index is 0.00116. The van der Waals surface area contributed by atoms with Crippen molar-refractivity contribution in [3.8, 4) is 5.75 Å². The van der Waals surface area contributed by atoms with Crippen molar-refractivity contribution < 1.29 is 14.3 Å². The van der Waals surface area contributed by atoms with E-state index in [9.17, 15) is 9.59 Å². The second-order valence-corrected chi connectivity index (χ2v) is 6.58. The summed E-state index contributed by atoms with van der Waals surface area (Å²) in [7, 11) is 1.62. The summed E-state index contributed by atoms with van der Waals surface area (Å²) >= 11 is 0. The molecule has 0 aliphatic carbocycles. The normalized spacial score (nSPS) is 14.3. The van der Waals surface area contributed by atoms with E-state index in [-0.39, 0.29) is 11.8 Å². The summed E-state index contributed by atoms with van der Waals surface area (Å²) in [5, 5.41) is 0. The molecule has 3 rings (SSSR count). The lowest BCUT2D eigenvalue weighted by atomic mass is 10.1. The fourth-order valence-corrected chi connectivity index (χ4v) is 3.29. The summed E-state index contributed by atoms with van der Waals surface area (Å²) < 4.78 is 5.25. The van der Waals surface area contributed by atoms with Gasteiger partial charge in [0.15, 0.2) is 0 Å². The number of hydrogen-bond acceptors (Lipinski definition) is 3. The van der Waals surface area contributed by atoms with Crippen LogP contribution in [0.4, 0.5) is 0 Å². The standard InChI is InChI=1S/C21H24N2O3/c1-15-6-4-5-7-18(15)21(25)23-12-10-22(11-13-23)20(24)17-8-9-19(26-3)16(2)14-17/h4-9,14H,10-13H2,1-3H3. The van der Waals surface area contributed by atoms with Crippen molar-refractivity contribution in [2.24, 2.45) is 0 Å². The fourth-order valence-electron chi connectivity index (χ4n) is 3.29. The Balaban J connectivity index is 1.65.